The number of nitrogens with zero attached hydrogens (tertiary/aromatic N) is 3. The molecular formula is C18H24N4O3S3. The van der Waals surface area contributed by atoms with Crippen molar-refractivity contribution in [3.8, 4) is 0 Å². The van der Waals surface area contributed by atoms with Gasteiger partial charge in [-0.3, -0.25) is 10.1 Å². The van der Waals surface area contributed by atoms with Crippen LogP contribution in [0.5, 0.6) is 0 Å². The summed E-state index contributed by atoms with van der Waals surface area (Å²) in [5, 5.41) is 11.5. The Morgan fingerprint density at radius 1 is 1.18 bits per heavy atom. The minimum absolute atomic E-state index is 0.148. The Kier molecular flexibility index (Phi) is 7.08. The molecule has 0 spiro atoms. The molecule has 0 aliphatic carbocycles. The molecule has 0 saturated carbocycles. The maximum absolute atomic E-state index is 13.0. The topological polar surface area (TPSA) is 92.3 Å². The number of thioether (sulfide) groups is 1. The number of rotatable bonds is 6. The van der Waals surface area contributed by atoms with Gasteiger partial charge >= 0.3 is 0 Å². The second kappa shape index (κ2) is 9.34. The Hall–Kier alpha value is -1.49. The Morgan fingerprint density at radius 3 is 2.57 bits per heavy atom. The number of aromatic nitrogens is 2. The summed E-state index contributed by atoms with van der Waals surface area (Å²) in [6, 6.07) is 6.17. The first kappa shape index (κ1) is 21.2. The first-order chi connectivity index (χ1) is 13.4. The monoisotopic (exact) mass is 440 g/mol. The average Bonchev–Trinajstić information content (AvgIpc) is 2.91. The van der Waals surface area contributed by atoms with E-state index in [1.54, 1.807) is 30.0 Å². The lowest BCUT2D eigenvalue weighted by atomic mass is 10.2. The summed E-state index contributed by atoms with van der Waals surface area (Å²) >= 11 is 2.88. The zero-order chi connectivity index (χ0) is 20.1. The van der Waals surface area contributed by atoms with Crippen molar-refractivity contribution in [3.05, 3.63) is 29.8 Å². The van der Waals surface area contributed by atoms with Crippen LogP contribution in [0.25, 0.3) is 0 Å². The summed E-state index contributed by atoms with van der Waals surface area (Å²) in [6.07, 6.45) is 3.83. The molecule has 152 valence electrons. The third-order valence-electron chi connectivity index (χ3n) is 4.26. The molecule has 10 heteroatoms. The van der Waals surface area contributed by atoms with E-state index in [9.17, 15) is 13.2 Å². The van der Waals surface area contributed by atoms with E-state index in [0.717, 1.165) is 30.0 Å². The van der Waals surface area contributed by atoms with Gasteiger partial charge in [0.05, 0.1) is 4.90 Å². The number of carbonyl (C=O) groups excluding carboxylic acids is 1. The van der Waals surface area contributed by atoms with Crippen LogP contribution in [0.4, 0.5) is 5.13 Å². The van der Waals surface area contributed by atoms with Gasteiger partial charge in [0.1, 0.15) is 0 Å². The molecule has 0 unspecified atom stereocenters. The van der Waals surface area contributed by atoms with Gasteiger partial charge in [-0.15, -0.1) is 10.2 Å². The lowest BCUT2D eigenvalue weighted by Crippen LogP contribution is -2.32. The van der Waals surface area contributed by atoms with Crippen molar-refractivity contribution >= 4 is 44.2 Å². The van der Waals surface area contributed by atoms with E-state index >= 15 is 0 Å². The molecule has 1 saturated heterocycles. The van der Waals surface area contributed by atoms with Crippen LogP contribution in [0.1, 0.15) is 49.9 Å². The molecule has 3 rings (SSSR count). The predicted molar refractivity (Wildman–Crippen MR) is 113 cm³/mol. The maximum Gasteiger partial charge on any atom is 0.257 e. The molecule has 1 aromatic heterocycles. The highest BCUT2D eigenvalue weighted by molar-refractivity contribution is 8.01. The highest BCUT2D eigenvalue weighted by atomic mass is 32.2. The number of nitrogens with one attached hydrogen (secondary N) is 1. The molecule has 1 fully saturated rings. The molecule has 7 nitrogen and oxygen atoms in total. The number of hydrogen-bond donors (Lipinski definition) is 1. The molecule has 1 aliphatic heterocycles. The van der Waals surface area contributed by atoms with Crippen molar-refractivity contribution in [3.63, 3.8) is 0 Å². The fraction of sp³-hybridized carbons (Fsp3) is 0.500. The number of amides is 1. The number of anilines is 1. The van der Waals surface area contributed by atoms with Crippen molar-refractivity contribution in [2.75, 3.05) is 18.4 Å². The number of benzene rings is 1. The maximum atomic E-state index is 13.0. The van der Waals surface area contributed by atoms with Crippen molar-refractivity contribution in [2.45, 2.75) is 54.0 Å². The number of sulfonamides is 1. The fourth-order valence-corrected chi connectivity index (χ4v) is 6.44. The van der Waals surface area contributed by atoms with Gasteiger partial charge in [-0.05, 0) is 31.0 Å². The van der Waals surface area contributed by atoms with Gasteiger partial charge in [-0.25, -0.2) is 8.42 Å². The van der Waals surface area contributed by atoms with E-state index in [1.165, 1.54) is 21.7 Å². The minimum Gasteiger partial charge on any atom is -0.296 e. The van der Waals surface area contributed by atoms with Crippen LogP contribution in [0.3, 0.4) is 0 Å². The van der Waals surface area contributed by atoms with Crippen molar-refractivity contribution in [1.82, 2.24) is 14.5 Å². The van der Waals surface area contributed by atoms with E-state index in [-0.39, 0.29) is 10.5 Å². The Morgan fingerprint density at radius 2 is 1.89 bits per heavy atom. The first-order valence-electron chi connectivity index (χ1n) is 9.28. The second-order valence-corrected chi connectivity index (χ2v) is 11.6. The van der Waals surface area contributed by atoms with Gasteiger partial charge in [0.15, 0.2) is 4.34 Å². The second-order valence-electron chi connectivity index (χ2n) is 6.84. The summed E-state index contributed by atoms with van der Waals surface area (Å²) in [4.78, 5) is 12.7. The number of hydrogen-bond acceptors (Lipinski definition) is 7. The van der Waals surface area contributed by atoms with Gasteiger partial charge in [-0.1, -0.05) is 55.9 Å². The van der Waals surface area contributed by atoms with E-state index in [0.29, 0.717) is 23.5 Å². The van der Waals surface area contributed by atoms with Crippen molar-refractivity contribution in [2.24, 2.45) is 0 Å². The Balaban J connectivity index is 1.75. The lowest BCUT2D eigenvalue weighted by Gasteiger charge is -2.20. The SMILES string of the molecule is CC(C)Sc1nnc(NC(=O)c2cccc(S(=O)(=O)N3CCCCCC3)c2)s1. The summed E-state index contributed by atoms with van der Waals surface area (Å²) in [6.45, 7) is 5.17. The molecular weight excluding hydrogens is 416 g/mol. The Bertz CT molecular complexity index is 920. The van der Waals surface area contributed by atoms with Crippen molar-refractivity contribution < 1.29 is 13.2 Å². The third kappa shape index (κ3) is 5.31. The highest BCUT2D eigenvalue weighted by Crippen LogP contribution is 2.29. The van der Waals surface area contributed by atoms with Gasteiger partial charge in [0, 0.05) is 23.9 Å². The zero-order valence-corrected chi connectivity index (χ0v) is 18.4. The van der Waals surface area contributed by atoms with E-state index in [1.807, 2.05) is 0 Å². The van der Waals surface area contributed by atoms with Gasteiger partial charge in [0.2, 0.25) is 15.2 Å². The summed E-state index contributed by atoms with van der Waals surface area (Å²) in [7, 11) is -3.60. The molecule has 1 aliphatic rings. The molecule has 2 aromatic rings. The van der Waals surface area contributed by atoms with E-state index < -0.39 is 15.9 Å². The molecule has 1 amide bonds. The fourth-order valence-electron chi connectivity index (χ4n) is 2.91. The van der Waals surface area contributed by atoms with Crippen LogP contribution in [0.15, 0.2) is 33.5 Å². The summed E-state index contributed by atoms with van der Waals surface area (Å²) < 4.78 is 28.2. The minimum atomic E-state index is -3.60. The predicted octanol–water partition coefficient (Wildman–Crippen LogP) is 3.86. The molecule has 2 heterocycles. The van der Waals surface area contributed by atoms with Crippen LogP contribution < -0.4 is 5.32 Å². The Labute approximate surface area is 174 Å². The van der Waals surface area contributed by atoms with E-state index in [4.69, 9.17) is 0 Å². The third-order valence-corrected chi connectivity index (χ3v) is 8.08. The normalized spacial score (nSPS) is 16.1. The highest BCUT2D eigenvalue weighted by Gasteiger charge is 2.26. The van der Waals surface area contributed by atoms with E-state index in [2.05, 4.69) is 29.4 Å². The number of carbonyl (C=O) groups is 1. The molecule has 0 atom stereocenters. The largest absolute Gasteiger partial charge is 0.296 e. The van der Waals surface area contributed by atoms with Crippen LogP contribution in [0.2, 0.25) is 0 Å². The summed E-state index contributed by atoms with van der Waals surface area (Å²) in [5.74, 6) is -0.398. The zero-order valence-electron chi connectivity index (χ0n) is 15.9. The molecule has 1 aromatic carbocycles. The molecule has 0 radical (unpaired) electrons. The van der Waals surface area contributed by atoms with Gasteiger partial charge in [-0.2, -0.15) is 4.31 Å². The van der Waals surface area contributed by atoms with Crippen LogP contribution in [-0.2, 0) is 10.0 Å². The standard InChI is InChI=1S/C18H24N4O3S3/c1-13(2)26-18-21-20-17(27-18)19-16(23)14-8-7-9-15(12-14)28(24,25)22-10-5-3-4-6-11-22/h7-9,12-13H,3-6,10-11H2,1-2H3,(H,19,20,23). The van der Waals surface area contributed by atoms with Crippen LogP contribution in [-0.4, -0.2) is 47.2 Å². The molecule has 0 bridgehead atoms. The smallest absolute Gasteiger partial charge is 0.257 e. The quantitative estimate of drug-likeness (QED) is 0.542. The van der Waals surface area contributed by atoms with Gasteiger partial charge in [0.25, 0.3) is 5.91 Å². The van der Waals surface area contributed by atoms with Gasteiger partial charge < -0.3 is 0 Å². The molecule has 28 heavy (non-hydrogen) atoms. The van der Waals surface area contributed by atoms with Crippen LogP contribution >= 0.6 is 23.1 Å². The van der Waals surface area contributed by atoms with Crippen LogP contribution in [0, 0.1) is 0 Å². The average molecular weight is 441 g/mol. The molecule has 1 N–H and O–H groups in total. The lowest BCUT2D eigenvalue weighted by molar-refractivity contribution is 0.102. The van der Waals surface area contributed by atoms with Crippen molar-refractivity contribution in [1.29, 1.82) is 0 Å². The first-order valence-corrected chi connectivity index (χ1v) is 12.4. The summed E-state index contributed by atoms with van der Waals surface area (Å²) in [5.41, 5.74) is 0.282.